The van der Waals surface area contributed by atoms with E-state index in [2.05, 4.69) is 10.6 Å². The lowest BCUT2D eigenvalue weighted by Gasteiger charge is -2.31. The maximum atomic E-state index is 12.7. The molecule has 8 heteroatoms. The number of nitrogens with one attached hydrogen (secondary N) is 2. The van der Waals surface area contributed by atoms with Gasteiger partial charge in [0.05, 0.1) is 34.9 Å². The third-order valence-electron chi connectivity index (χ3n) is 3.80. The number of halogens is 2. The van der Waals surface area contributed by atoms with Crippen LogP contribution in [0.2, 0.25) is 10.0 Å². The van der Waals surface area contributed by atoms with E-state index < -0.39 is 18.0 Å². The average Bonchev–Trinajstić information content (AvgIpc) is 2.52. The van der Waals surface area contributed by atoms with Crippen molar-refractivity contribution >= 4 is 35.2 Å². The molecule has 2 N–H and O–H groups in total. The second kappa shape index (κ2) is 8.18. The lowest BCUT2D eigenvalue weighted by atomic mass is 9.91. The second-order valence-electron chi connectivity index (χ2n) is 6.49. The lowest BCUT2D eigenvalue weighted by molar-refractivity contribution is -0.143. The van der Waals surface area contributed by atoms with Crippen LogP contribution in [0.5, 0.6) is 5.75 Å². The van der Waals surface area contributed by atoms with E-state index in [1.54, 1.807) is 26.0 Å². The highest BCUT2D eigenvalue weighted by Gasteiger charge is 2.35. The first-order chi connectivity index (χ1) is 12.1. The number of carbonyl (C=O) groups is 2. The number of methoxy groups -OCH3 is 1. The van der Waals surface area contributed by atoms with E-state index in [1.165, 1.54) is 7.11 Å². The predicted molar refractivity (Wildman–Crippen MR) is 101 cm³/mol. The van der Waals surface area contributed by atoms with Gasteiger partial charge in [-0.3, -0.25) is 0 Å². The summed E-state index contributed by atoms with van der Waals surface area (Å²) in [6.07, 6.45) is -0.301. The predicted octanol–water partition coefficient (Wildman–Crippen LogP) is 4.22. The van der Waals surface area contributed by atoms with Crippen LogP contribution in [0, 0.1) is 5.92 Å². The van der Waals surface area contributed by atoms with E-state index >= 15 is 0 Å². The van der Waals surface area contributed by atoms with Gasteiger partial charge in [-0.2, -0.15) is 0 Å². The van der Waals surface area contributed by atoms with Crippen LogP contribution in [-0.2, 0) is 9.53 Å². The van der Waals surface area contributed by atoms with Crippen LogP contribution in [0.3, 0.4) is 0 Å². The van der Waals surface area contributed by atoms with Gasteiger partial charge >= 0.3 is 12.0 Å². The van der Waals surface area contributed by atoms with E-state index in [9.17, 15) is 9.59 Å². The number of allylic oxidation sites excluding steroid dienone is 1. The van der Waals surface area contributed by atoms with Gasteiger partial charge in [-0.25, -0.2) is 9.59 Å². The zero-order valence-corrected chi connectivity index (χ0v) is 16.8. The SMILES string of the molecule is COc1c(Cl)cc(C2NC(=O)NC(C(C)C)=C2C(=O)OC(C)C)cc1Cl. The molecule has 0 spiro atoms. The van der Waals surface area contributed by atoms with Crippen LogP contribution in [0.1, 0.15) is 39.3 Å². The van der Waals surface area contributed by atoms with E-state index in [0.29, 0.717) is 22.6 Å². The summed E-state index contributed by atoms with van der Waals surface area (Å²) in [6, 6.07) is 2.07. The number of ether oxygens (including phenoxy) is 2. The van der Waals surface area contributed by atoms with Crippen molar-refractivity contribution in [1.29, 1.82) is 0 Å². The molecule has 1 atom stereocenters. The minimum absolute atomic E-state index is 0.0949. The van der Waals surface area contributed by atoms with Crippen LogP contribution in [0.4, 0.5) is 4.79 Å². The Hall–Kier alpha value is -1.92. The van der Waals surface area contributed by atoms with Crippen LogP contribution < -0.4 is 15.4 Å². The van der Waals surface area contributed by atoms with Crippen molar-refractivity contribution in [2.24, 2.45) is 5.92 Å². The van der Waals surface area contributed by atoms with Gasteiger partial charge in [-0.1, -0.05) is 37.0 Å². The topological polar surface area (TPSA) is 76.7 Å². The molecule has 0 fully saturated rings. The van der Waals surface area contributed by atoms with Crippen LogP contribution in [0.25, 0.3) is 0 Å². The zero-order chi connectivity index (χ0) is 19.6. The first kappa shape index (κ1) is 20.4. The molecule has 0 saturated heterocycles. The minimum Gasteiger partial charge on any atom is -0.494 e. The Morgan fingerprint density at radius 1 is 1.15 bits per heavy atom. The van der Waals surface area contributed by atoms with Gasteiger partial charge in [0.2, 0.25) is 0 Å². The highest BCUT2D eigenvalue weighted by atomic mass is 35.5. The zero-order valence-electron chi connectivity index (χ0n) is 15.3. The average molecular weight is 401 g/mol. The number of rotatable bonds is 5. The number of carbonyl (C=O) groups excluding carboxylic acids is 2. The van der Waals surface area contributed by atoms with Crippen molar-refractivity contribution < 1.29 is 19.1 Å². The third-order valence-corrected chi connectivity index (χ3v) is 4.36. The molecule has 0 radical (unpaired) electrons. The Kier molecular flexibility index (Phi) is 6.42. The smallest absolute Gasteiger partial charge is 0.338 e. The van der Waals surface area contributed by atoms with Crippen molar-refractivity contribution in [2.75, 3.05) is 7.11 Å². The van der Waals surface area contributed by atoms with Crippen molar-refractivity contribution in [2.45, 2.75) is 39.8 Å². The maximum Gasteiger partial charge on any atom is 0.338 e. The first-order valence-corrected chi connectivity index (χ1v) is 8.96. The summed E-state index contributed by atoms with van der Waals surface area (Å²) in [7, 11) is 1.46. The van der Waals surface area contributed by atoms with Crippen molar-refractivity contribution in [1.82, 2.24) is 10.6 Å². The number of amides is 2. The highest BCUT2D eigenvalue weighted by Crippen LogP contribution is 2.38. The van der Waals surface area contributed by atoms with Gasteiger partial charge in [0.25, 0.3) is 0 Å². The van der Waals surface area contributed by atoms with Gasteiger partial charge in [0.15, 0.2) is 5.75 Å². The van der Waals surface area contributed by atoms with Crippen LogP contribution in [-0.4, -0.2) is 25.2 Å². The summed E-state index contributed by atoms with van der Waals surface area (Å²) in [4.78, 5) is 24.9. The largest absolute Gasteiger partial charge is 0.494 e. The van der Waals surface area contributed by atoms with E-state index in [1.807, 2.05) is 13.8 Å². The molecule has 1 heterocycles. The van der Waals surface area contributed by atoms with Crippen LogP contribution in [0.15, 0.2) is 23.4 Å². The molecular formula is C18H22Cl2N2O4. The normalized spacial score (nSPS) is 17.3. The molecule has 142 valence electrons. The molecule has 1 aromatic carbocycles. The second-order valence-corrected chi connectivity index (χ2v) is 7.30. The number of esters is 1. The van der Waals surface area contributed by atoms with Gasteiger partial charge < -0.3 is 20.1 Å². The lowest BCUT2D eigenvalue weighted by Crippen LogP contribution is -2.47. The van der Waals surface area contributed by atoms with E-state index in [4.69, 9.17) is 32.7 Å². The van der Waals surface area contributed by atoms with Crippen molar-refractivity contribution in [3.05, 3.63) is 39.0 Å². The molecule has 6 nitrogen and oxygen atoms in total. The molecule has 2 amide bonds. The summed E-state index contributed by atoms with van der Waals surface area (Å²) in [5.41, 5.74) is 1.39. The maximum absolute atomic E-state index is 12.7. The summed E-state index contributed by atoms with van der Waals surface area (Å²) < 4.78 is 10.5. The van der Waals surface area contributed by atoms with Gasteiger partial charge in [-0.05, 0) is 37.5 Å². The number of urea groups is 1. The monoisotopic (exact) mass is 400 g/mol. The quantitative estimate of drug-likeness (QED) is 0.725. The molecule has 0 bridgehead atoms. The standard InChI is InChI=1S/C18H22Cl2N2O4/c1-8(2)14-13(17(23)26-9(3)4)15(22-18(24)21-14)10-6-11(19)16(25-5)12(20)7-10/h6-9,15H,1-5H3,(H2,21,22,24). The number of hydrogen-bond acceptors (Lipinski definition) is 4. The Labute approximate surface area is 162 Å². The Morgan fingerprint density at radius 3 is 2.19 bits per heavy atom. The summed E-state index contributed by atoms with van der Waals surface area (Å²) in [5, 5.41) is 6.02. The molecule has 1 aliphatic rings. The van der Waals surface area contributed by atoms with Crippen molar-refractivity contribution in [3.8, 4) is 5.75 Å². The highest BCUT2D eigenvalue weighted by molar-refractivity contribution is 6.37. The van der Waals surface area contributed by atoms with E-state index in [-0.39, 0.29) is 22.1 Å². The minimum atomic E-state index is -0.742. The Balaban J connectivity index is 2.61. The van der Waals surface area contributed by atoms with E-state index in [0.717, 1.165) is 0 Å². The first-order valence-electron chi connectivity index (χ1n) is 8.21. The fraction of sp³-hybridized carbons (Fsp3) is 0.444. The molecule has 1 unspecified atom stereocenters. The summed E-state index contributed by atoms with van der Waals surface area (Å²) >= 11 is 12.5. The fourth-order valence-corrected chi connectivity index (χ4v) is 3.39. The fourth-order valence-electron chi connectivity index (χ4n) is 2.74. The van der Waals surface area contributed by atoms with Crippen LogP contribution >= 0.6 is 23.2 Å². The van der Waals surface area contributed by atoms with Crippen molar-refractivity contribution in [3.63, 3.8) is 0 Å². The Bertz CT molecular complexity index is 737. The third kappa shape index (κ3) is 4.24. The summed E-state index contributed by atoms with van der Waals surface area (Å²) in [5.74, 6) is -0.275. The molecule has 1 aromatic rings. The summed E-state index contributed by atoms with van der Waals surface area (Å²) in [6.45, 7) is 7.29. The molecule has 26 heavy (non-hydrogen) atoms. The molecule has 1 aliphatic heterocycles. The van der Waals surface area contributed by atoms with Gasteiger partial charge in [-0.15, -0.1) is 0 Å². The number of hydrogen-bond donors (Lipinski definition) is 2. The molecule has 0 aliphatic carbocycles. The molecule has 0 saturated carbocycles. The number of benzene rings is 1. The Morgan fingerprint density at radius 2 is 1.73 bits per heavy atom. The molecule has 0 aromatic heterocycles. The van der Waals surface area contributed by atoms with Gasteiger partial charge in [0, 0.05) is 5.70 Å². The van der Waals surface area contributed by atoms with Gasteiger partial charge in [0.1, 0.15) is 0 Å². The molecule has 2 rings (SSSR count). The molecular weight excluding hydrogens is 379 g/mol.